The highest BCUT2D eigenvalue weighted by Crippen LogP contribution is 2.31. The van der Waals surface area contributed by atoms with E-state index < -0.39 is 5.41 Å². The summed E-state index contributed by atoms with van der Waals surface area (Å²) < 4.78 is 9.64. The van der Waals surface area contributed by atoms with Crippen LogP contribution in [0.5, 0.6) is 5.75 Å². The van der Waals surface area contributed by atoms with Crippen LogP contribution in [0.2, 0.25) is 0 Å². The van der Waals surface area contributed by atoms with Crippen LogP contribution in [0.15, 0.2) is 48.9 Å². The van der Waals surface area contributed by atoms with E-state index in [1.165, 1.54) is 6.20 Å². The second-order valence-corrected chi connectivity index (χ2v) is 9.78. The summed E-state index contributed by atoms with van der Waals surface area (Å²) in [5.41, 5.74) is 2.56. The number of rotatable bonds is 9. The number of fused-ring (bicyclic) bond motifs is 1. The van der Waals surface area contributed by atoms with Crippen LogP contribution in [0.1, 0.15) is 30.6 Å². The van der Waals surface area contributed by atoms with Crippen molar-refractivity contribution in [1.29, 1.82) is 5.26 Å². The van der Waals surface area contributed by atoms with Gasteiger partial charge < -0.3 is 20.7 Å². The van der Waals surface area contributed by atoms with Gasteiger partial charge in [0.05, 0.1) is 28.8 Å². The average molecular weight is 500 g/mol. The molecule has 0 spiro atoms. The van der Waals surface area contributed by atoms with Crippen molar-refractivity contribution < 1.29 is 9.53 Å². The average Bonchev–Trinajstić information content (AvgIpc) is 3.43. The molecular formula is C26H29N9O2. The van der Waals surface area contributed by atoms with Crippen molar-refractivity contribution in [3.63, 3.8) is 0 Å². The van der Waals surface area contributed by atoms with Crippen LogP contribution in [-0.4, -0.2) is 56.0 Å². The zero-order valence-electron chi connectivity index (χ0n) is 21.0. The summed E-state index contributed by atoms with van der Waals surface area (Å²) in [7, 11) is 1.90. The maximum Gasteiger partial charge on any atom is 0.252 e. The maximum atomic E-state index is 12.3. The third-order valence-electron chi connectivity index (χ3n) is 6.28. The van der Waals surface area contributed by atoms with E-state index in [4.69, 9.17) is 10.00 Å². The van der Waals surface area contributed by atoms with Crippen LogP contribution in [0, 0.1) is 16.7 Å². The number of carbonyl (C=O) groups is 1. The number of aromatic nitrogens is 5. The Morgan fingerprint density at radius 2 is 2.11 bits per heavy atom. The summed E-state index contributed by atoms with van der Waals surface area (Å²) in [4.78, 5) is 16.7. The van der Waals surface area contributed by atoms with E-state index in [9.17, 15) is 4.79 Å². The Morgan fingerprint density at radius 3 is 2.81 bits per heavy atom. The molecule has 0 bridgehead atoms. The quantitative estimate of drug-likeness (QED) is 0.320. The lowest BCUT2D eigenvalue weighted by atomic mass is 9.96. The fourth-order valence-electron chi connectivity index (χ4n) is 3.91. The Bertz CT molecular complexity index is 1460. The monoisotopic (exact) mass is 499 g/mol. The maximum absolute atomic E-state index is 12.3. The van der Waals surface area contributed by atoms with Crippen LogP contribution in [0.3, 0.4) is 0 Å². The number of ether oxygens (including phenoxy) is 1. The molecule has 1 unspecified atom stereocenters. The van der Waals surface area contributed by atoms with E-state index in [1.54, 1.807) is 36.7 Å². The smallest absolute Gasteiger partial charge is 0.252 e. The normalized spacial score (nSPS) is 15.1. The minimum atomic E-state index is -0.633. The number of pyridine rings is 2. The molecular weight excluding hydrogens is 470 g/mol. The molecule has 1 amide bonds. The van der Waals surface area contributed by atoms with Gasteiger partial charge in [0.2, 0.25) is 0 Å². The number of aryl methyl sites for hydroxylation is 1. The van der Waals surface area contributed by atoms with Gasteiger partial charge in [-0.05, 0) is 51.1 Å². The van der Waals surface area contributed by atoms with E-state index in [0.717, 1.165) is 35.5 Å². The van der Waals surface area contributed by atoms with Crippen LogP contribution >= 0.6 is 0 Å². The molecule has 11 nitrogen and oxygen atoms in total. The third kappa shape index (κ3) is 5.39. The number of carbonyl (C=O) groups excluding carboxylic acids is 1. The van der Waals surface area contributed by atoms with Gasteiger partial charge in [-0.3, -0.25) is 9.48 Å². The number of hydrogen-bond acceptors (Lipinski definition) is 8. The number of anilines is 2. The van der Waals surface area contributed by atoms with Gasteiger partial charge in [0.15, 0.2) is 11.6 Å². The van der Waals surface area contributed by atoms with Gasteiger partial charge in [0.1, 0.15) is 18.1 Å². The molecule has 11 heteroatoms. The molecule has 0 aliphatic carbocycles. The highest BCUT2D eigenvalue weighted by Gasteiger charge is 2.20. The largest absolute Gasteiger partial charge is 0.488 e. The minimum Gasteiger partial charge on any atom is -0.488 e. The second kappa shape index (κ2) is 9.91. The molecule has 1 atom stereocenters. The number of nitrogens with one attached hydrogen (secondary N) is 3. The first kappa shape index (κ1) is 24.3. The van der Waals surface area contributed by atoms with Crippen molar-refractivity contribution in [2.45, 2.75) is 26.3 Å². The van der Waals surface area contributed by atoms with Crippen molar-refractivity contribution in [3.8, 4) is 23.1 Å². The van der Waals surface area contributed by atoms with Crippen molar-refractivity contribution in [2.75, 3.05) is 25.0 Å². The number of nitrogens with zero attached hydrogens (tertiary/aromatic N) is 6. The topological polar surface area (TPSA) is 134 Å². The van der Waals surface area contributed by atoms with Crippen molar-refractivity contribution in [2.24, 2.45) is 12.5 Å². The summed E-state index contributed by atoms with van der Waals surface area (Å²) >= 11 is 0. The Kier molecular flexibility index (Phi) is 6.50. The Labute approximate surface area is 214 Å². The van der Waals surface area contributed by atoms with Crippen LogP contribution < -0.4 is 20.7 Å². The molecule has 4 aromatic heterocycles. The van der Waals surface area contributed by atoms with Crippen LogP contribution in [0.25, 0.3) is 16.8 Å². The SMILES string of the molecule is Cn1ncc(OCC2CCN2)c1-c1ccn2nc(Nc3ccc(C(=O)NCC(C)(C)C#N)cn3)cc2c1. The van der Waals surface area contributed by atoms with Gasteiger partial charge in [-0.15, -0.1) is 0 Å². The summed E-state index contributed by atoms with van der Waals surface area (Å²) in [5, 5.41) is 27.4. The van der Waals surface area contributed by atoms with E-state index in [0.29, 0.717) is 29.8 Å². The van der Waals surface area contributed by atoms with Gasteiger partial charge >= 0.3 is 0 Å². The van der Waals surface area contributed by atoms with Gasteiger partial charge in [0.25, 0.3) is 5.91 Å². The molecule has 1 fully saturated rings. The van der Waals surface area contributed by atoms with E-state index >= 15 is 0 Å². The molecule has 5 heterocycles. The van der Waals surface area contributed by atoms with Gasteiger partial charge in [0, 0.05) is 43.7 Å². The first-order valence-electron chi connectivity index (χ1n) is 12.1. The lowest BCUT2D eigenvalue weighted by molar-refractivity contribution is 0.0943. The standard InChI is InChI=1S/C26H29N9O2/c1-26(2,15-27)16-30-25(36)18-4-5-22(29-12-18)32-23-11-20-10-17(7-9-35(20)33-23)24-21(13-31-34(24)3)37-14-19-6-8-28-19/h4-5,7,9-13,19,28H,6,8,14,16H2,1-3H3,(H,30,36)(H,29,32,33). The number of nitriles is 1. The van der Waals surface area contributed by atoms with E-state index in [2.05, 4.69) is 37.2 Å². The summed E-state index contributed by atoms with van der Waals surface area (Å²) in [6, 6.07) is 11.9. The number of hydrogen-bond donors (Lipinski definition) is 3. The van der Waals surface area contributed by atoms with Gasteiger partial charge in [-0.25, -0.2) is 9.50 Å². The fourth-order valence-corrected chi connectivity index (χ4v) is 3.91. The Hall–Kier alpha value is -4.43. The number of amides is 1. The predicted molar refractivity (Wildman–Crippen MR) is 139 cm³/mol. The second-order valence-electron chi connectivity index (χ2n) is 9.78. The highest BCUT2D eigenvalue weighted by atomic mass is 16.5. The molecule has 1 aliphatic heterocycles. The van der Waals surface area contributed by atoms with Gasteiger partial charge in [-0.2, -0.15) is 15.5 Å². The van der Waals surface area contributed by atoms with Crippen LogP contribution in [0.4, 0.5) is 11.6 Å². The van der Waals surface area contributed by atoms with Crippen LogP contribution in [-0.2, 0) is 7.05 Å². The third-order valence-corrected chi connectivity index (χ3v) is 6.28. The molecule has 0 saturated carbocycles. The zero-order chi connectivity index (χ0) is 26.0. The lowest BCUT2D eigenvalue weighted by Crippen LogP contribution is -2.46. The van der Waals surface area contributed by atoms with Crippen molar-refractivity contribution in [1.82, 2.24) is 35.0 Å². The predicted octanol–water partition coefficient (Wildman–Crippen LogP) is 2.89. The molecule has 0 radical (unpaired) electrons. The van der Waals surface area contributed by atoms with Crippen molar-refractivity contribution in [3.05, 3.63) is 54.5 Å². The summed E-state index contributed by atoms with van der Waals surface area (Å²) in [6.07, 6.45) is 6.26. The first-order valence-corrected chi connectivity index (χ1v) is 12.1. The minimum absolute atomic E-state index is 0.260. The summed E-state index contributed by atoms with van der Waals surface area (Å²) in [6.45, 7) is 5.46. The molecule has 4 aromatic rings. The fraction of sp³-hybridized carbons (Fsp3) is 0.346. The summed E-state index contributed by atoms with van der Waals surface area (Å²) in [5.74, 6) is 1.66. The molecule has 1 aliphatic rings. The van der Waals surface area contributed by atoms with Gasteiger partial charge in [-0.1, -0.05) is 0 Å². The lowest BCUT2D eigenvalue weighted by Gasteiger charge is -2.27. The Balaban J connectivity index is 1.28. The van der Waals surface area contributed by atoms with Crippen molar-refractivity contribution >= 4 is 23.1 Å². The molecule has 190 valence electrons. The molecule has 5 rings (SSSR count). The zero-order valence-corrected chi connectivity index (χ0v) is 21.0. The molecule has 3 N–H and O–H groups in total. The van der Waals surface area contributed by atoms with E-state index in [1.807, 2.05) is 36.1 Å². The molecule has 1 saturated heterocycles. The molecule has 37 heavy (non-hydrogen) atoms. The first-order chi connectivity index (χ1) is 17.8. The Morgan fingerprint density at radius 1 is 1.27 bits per heavy atom. The van der Waals surface area contributed by atoms with E-state index in [-0.39, 0.29) is 12.5 Å². The highest BCUT2D eigenvalue weighted by molar-refractivity contribution is 5.94. The molecule has 0 aromatic carbocycles.